The Hall–Kier alpha value is -4.42. The van der Waals surface area contributed by atoms with Gasteiger partial charge in [0.1, 0.15) is 16.9 Å². The van der Waals surface area contributed by atoms with Crippen LogP contribution in [0.2, 0.25) is 0 Å². The van der Waals surface area contributed by atoms with Crippen LogP contribution >= 0.6 is 0 Å². The highest BCUT2D eigenvalue weighted by atomic mass is 16.5. The monoisotopic (exact) mass is 492 g/mol. The number of aliphatic hydroxyl groups is 1. The van der Waals surface area contributed by atoms with Gasteiger partial charge in [0.2, 0.25) is 5.91 Å². The second-order valence-electron chi connectivity index (χ2n) is 9.45. The Labute approximate surface area is 215 Å². The molecule has 0 saturated carbocycles. The topological polar surface area (TPSA) is 89.4 Å². The maximum atomic E-state index is 13.2. The van der Waals surface area contributed by atoms with Crippen LogP contribution in [0.25, 0.3) is 11.0 Å². The van der Waals surface area contributed by atoms with E-state index in [1.807, 2.05) is 79.7 Å². The maximum Gasteiger partial charge on any atom is 0.225 e. The summed E-state index contributed by atoms with van der Waals surface area (Å²) in [5.41, 5.74) is 3.76. The van der Waals surface area contributed by atoms with Crippen LogP contribution in [0.5, 0.6) is 0 Å². The van der Waals surface area contributed by atoms with Crippen molar-refractivity contribution >= 4 is 16.9 Å². The van der Waals surface area contributed by atoms with E-state index >= 15 is 0 Å². The molecule has 0 aliphatic rings. The number of pyridine rings is 1. The zero-order chi connectivity index (χ0) is 26.0. The Kier molecular flexibility index (Phi) is 6.51. The summed E-state index contributed by atoms with van der Waals surface area (Å²) >= 11 is 0. The third kappa shape index (κ3) is 5.10. The Balaban J connectivity index is 1.38. The number of amides is 1. The van der Waals surface area contributed by atoms with Gasteiger partial charge < -0.3 is 20.0 Å². The minimum Gasteiger partial charge on any atom is -0.619 e. The lowest BCUT2D eigenvalue weighted by Gasteiger charge is -2.22. The van der Waals surface area contributed by atoms with E-state index in [1.54, 1.807) is 25.1 Å². The standard InChI is InChI=1S/C31H28N2O4/c1-21-8-6-7-11-26(21)30(23-9-4-3-5-10-23)32-29(34)19-22-12-13-27-24(18-22)20-28(37-27)31(2,35)25-14-16-33(36)17-15-25/h3-18,20,30,35H,19H2,1-2H3,(H,32,34). The SMILES string of the molecule is Cc1ccccc1C(NC(=O)Cc1ccc2oc(C(C)(O)c3cc[n+]([O-])cc3)cc2c1)c1ccccc1. The molecule has 37 heavy (non-hydrogen) atoms. The number of carbonyl (C=O) groups is 1. The molecule has 0 aliphatic carbocycles. The van der Waals surface area contributed by atoms with Crippen molar-refractivity contribution in [2.45, 2.75) is 31.9 Å². The molecule has 6 heteroatoms. The highest BCUT2D eigenvalue weighted by Gasteiger charge is 2.30. The van der Waals surface area contributed by atoms with Crippen molar-refractivity contribution < 1.29 is 19.0 Å². The van der Waals surface area contributed by atoms with Crippen LogP contribution in [0.4, 0.5) is 0 Å². The minimum atomic E-state index is -1.42. The Bertz CT molecular complexity index is 1540. The lowest BCUT2D eigenvalue weighted by atomic mass is 9.94. The van der Waals surface area contributed by atoms with Crippen LogP contribution in [0.15, 0.2) is 108 Å². The molecule has 0 saturated heterocycles. The summed E-state index contributed by atoms with van der Waals surface area (Å²) < 4.78 is 6.60. The van der Waals surface area contributed by atoms with Gasteiger partial charge in [-0.25, -0.2) is 0 Å². The Morgan fingerprint density at radius 2 is 1.70 bits per heavy atom. The van der Waals surface area contributed by atoms with Gasteiger partial charge in [-0.3, -0.25) is 4.79 Å². The number of aryl methyl sites for hydroxylation is 1. The molecule has 5 rings (SSSR count). The number of hydrogen-bond donors (Lipinski definition) is 2. The van der Waals surface area contributed by atoms with E-state index in [0.29, 0.717) is 21.6 Å². The quantitative estimate of drug-likeness (QED) is 0.245. The van der Waals surface area contributed by atoms with Gasteiger partial charge in [0.15, 0.2) is 12.4 Å². The summed E-state index contributed by atoms with van der Waals surface area (Å²) in [6.07, 6.45) is 2.87. The van der Waals surface area contributed by atoms with E-state index in [0.717, 1.165) is 27.6 Å². The minimum absolute atomic E-state index is 0.0950. The van der Waals surface area contributed by atoms with Crippen molar-refractivity contribution in [2.75, 3.05) is 0 Å². The maximum absolute atomic E-state index is 13.2. The molecule has 5 aromatic rings. The molecular formula is C31H28N2O4. The zero-order valence-corrected chi connectivity index (χ0v) is 20.7. The smallest absolute Gasteiger partial charge is 0.225 e. The normalized spacial score (nSPS) is 13.7. The number of nitrogens with zero attached hydrogens (tertiary/aromatic N) is 1. The molecule has 186 valence electrons. The summed E-state index contributed by atoms with van der Waals surface area (Å²) in [5.74, 6) is 0.263. The number of furan rings is 1. The van der Waals surface area contributed by atoms with Crippen molar-refractivity contribution in [3.05, 3.63) is 142 Å². The molecule has 0 aliphatic heterocycles. The van der Waals surface area contributed by atoms with Gasteiger partial charge >= 0.3 is 0 Å². The fourth-order valence-corrected chi connectivity index (χ4v) is 4.62. The van der Waals surface area contributed by atoms with Crippen LogP contribution in [-0.2, 0) is 16.8 Å². The summed E-state index contributed by atoms with van der Waals surface area (Å²) in [7, 11) is 0. The van der Waals surface area contributed by atoms with E-state index in [1.165, 1.54) is 12.4 Å². The summed E-state index contributed by atoms with van der Waals surface area (Å²) in [6.45, 7) is 3.67. The molecule has 0 radical (unpaired) electrons. The van der Waals surface area contributed by atoms with E-state index in [2.05, 4.69) is 5.32 Å². The molecule has 2 atom stereocenters. The van der Waals surface area contributed by atoms with Crippen LogP contribution in [0.3, 0.4) is 0 Å². The first-order valence-corrected chi connectivity index (χ1v) is 12.2. The predicted molar refractivity (Wildman–Crippen MR) is 142 cm³/mol. The average Bonchev–Trinajstić information content (AvgIpc) is 3.33. The molecular weight excluding hydrogens is 464 g/mol. The van der Waals surface area contributed by atoms with Gasteiger partial charge in [0.05, 0.1) is 12.5 Å². The number of rotatable bonds is 7. The third-order valence-electron chi connectivity index (χ3n) is 6.73. The summed E-state index contributed by atoms with van der Waals surface area (Å²) in [6, 6.07) is 28.2. The van der Waals surface area contributed by atoms with Gasteiger partial charge in [0, 0.05) is 23.1 Å². The van der Waals surface area contributed by atoms with Gasteiger partial charge in [0.25, 0.3) is 0 Å². The summed E-state index contributed by atoms with van der Waals surface area (Å²) in [4.78, 5) is 13.2. The molecule has 2 heterocycles. The van der Waals surface area contributed by atoms with Crippen molar-refractivity contribution in [1.29, 1.82) is 0 Å². The third-order valence-corrected chi connectivity index (χ3v) is 6.73. The van der Waals surface area contributed by atoms with Gasteiger partial charge in [-0.1, -0.05) is 60.7 Å². The van der Waals surface area contributed by atoms with Crippen molar-refractivity contribution in [1.82, 2.24) is 5.32 Å². The number of fused-ring (bicyclic) bond motifs is 1. The predicted octanol–water partition coefficient (Wildman–Crippen LogP) is 5.08. The van der Waals surface area contributed by atoms with Crippen LogP contribution in [0, 0.1) is 12.1 Å². The van der Waals surface area contributed by atoms with E-state index in [-0.39, 0.29) is 18.4 Å². The van der Waals surface area contributed by atoms with Gasteiger partial charge in [-0.05, 0) is 54.3 Å². The first-order valence-electron chi connectivity index (χ1n) is 12.2. The van der Waals surface area contributed by atoms with E-state index < -0.39 is 5.60 Å². The number of benzene rings is 3. The van der Waals surface area contributed by atoms with E-state index in [4.69, 9.17) is 4.42 Å². The number of carbonyl (C=O) groups excluding carboxylic acids is 1. The number of aromatic nitrogens is 1. The fourth-order valence-electron chi connectivity index (χ4n) is 4.62. The van der Waals surface area contributed by atoms with Crippen LogP contribution in [-0.4, -0.2) is 11.0 Å². The molecule has 6 nitrogen and oxygen atoms in total. The number of nitrogens with one attached hydrogen (secondary N) is 1. The van der Waals surface area contributed by atoms with Crippen molar-refractivity contribution in [2.24, 2.45) is 0 Å². The molecule has 2 N–H and O–H groups in total. The largest absolute Gasteiger partial charge is 0.619 e. The molecule has 0 spiro atoms. The summed E-state index contributed by atoms with van der Waals surface area (Å²) in [5, 5.41) is 26.5. The Morgan fingerprint density at radius 3 is 2.43 bits per heavy atom. The second kappa shape index (κ2) is 9.91. The molecule has 0 fully saturated rings. The van der Waals surface area contributed by atoms with Crippen molar-refractivity contribution in [3.63, 3.8) is 0 Å². The second-order valence-corrected chi connectivity index (χ2v) is 9.45. The highest BCUT2D eigenvalue weighted by Crippen LogP contribution is 2.33. The fraction of sp³-hybridized carbons (Fsp3) is 0.161. The number of hydrogen-bond acceptors (Lipinski definition) is 4. The highest BCUT2D eigenvalue weighted by molar-refractivity contribution is 5.83. The zero-order valence-electron chi connectivity index (χ0n) is 20.7. The lowest BCUT2D eigenvalue weighted by Crippen LogP contribution is -2.31. The van der Waals surface area contributed by atoms with Gasteiger partial charge in [-0.15, -0.1) is 0 Å². The molecule has 1 amide bonds. The first-order chi connectivity index (χ1) is 17.8. The van der Waals surface area contributed by atoms with E-state index in [9.17, 15) is 15.1 Å². The van der Waals surface area contributed by atoms with Crippen LogP contribution in [0.1, 0.15) is 46.5 Å². The van der Waals surface area contributed by atoms with Gasteiger partial charge in [-0.2, -0.15) is 4.73 Å². The lowest BCUT2D eigenvalue weighted by molar-refractivity contribution is -0.605. The first kappa shape index (κ1) is 24.3. The molecule has 2 aromatic heterocycles. The molecule has 3 aromatic carbocycles. The molecule has 0 bridgehead atoms. The molecule has 2 unspecified atom stereocenters. The Morgan fingerprint density at radius 1 is 1.00 bits per heavy atom. The average molecular weight is 493 g/mol. The van der Waals surface area contributed by atoms with Crippen LogP contribution < -0.4 is 10.0 Å². The van der Waals surface area contributed by atoms with Crippen molar-refractivity contribution in [3.8, 4) is 0 Å².